The van der Waals surface area contributed by atoms with Crippen molar-refractivity contribution < 1.29 is 4.79 Å². The van der Waals surface area contributed by atoms with Crippen molar-refractivity contribution >= 4 is 40.5 Å². The summed E-state index contributed by atoms with van der Waals surface area (Å²) in [7, 11) is 0. The zero-order valence-electron chi connectivity index (χ0n) is 10.8. The number of nitrogens with zero attached hydrogens (tertiary/aromatic N) is 1. The molecule has 0 saturated carbocycles. The number of carbonyl (C=O) groups is 1. The lowest BCUT2D eigenvalue weighted by atomic mass is 10.1. The van der Waals surface area contributed by atoms with E-state index in [2.05, 4.69) is 10.3 Å². The van der Waals surface area contributed by atoms with Crippen LogP contribution in [0.3, 0.4) is 0 Å². The Morgan fingerprint density at radius 1 is 1.35 bits per heavy atom. The minimum atomic E-state index is -0.211. The third-order valence-electron chi connectivity index (χ3n) is 2.81. The van der Waals surface area contributed by atoms with Crippen molar-refractivity contribution in [1.82, 2.24) is 4.98 Å². The van der Waals surface area contributed by atoms with Crippen LogP contribution in [0.1, 0.15) is 11.1 Å². The Balaban J connectivity index is 2.15. The summed E-state index contributed by atoms with van der Waals surface area (Å²) >= 11 is 11.8. The Hall–Kier alpha value is -1.78. The van der Waals surface area contributed by atoms with Gasteiger partial charge in [0.1, 0.15) is 5.15 Å². The maximum absolute atomic E-state index is 12.0. The molecule has 0 aliphatic rings. The molecule has 0 fully saturated rings. The van der Waals surface area contributed by atoms with Crippen molar-refractivity contribution in [3.63, 3.8) is 0 Å². The molecule has 1 aromatic heterocycles. The summed E-state index contributed by atoms with van der Waals surface area (Å²) in [5, 5.41) is 3.19. The minimum Gasteiger partial charge on any atom is -0.398 e. The molecule has 1 heterocycles. The second-order valence-electron chi connectivity index (χ2n) is 4.35. The molecule has 20 heavy (non-hydrogen) atoms. The molecule has 0 spiro atoms. The van der Waals surface area contributed by atoms with E-state index in [1.807, 2.05) is 18.2 Å². The van der Waals surface area contributed by atoms with Crippen LogP contribution >= 0.6 is 23.2 Å². The summed E-state index contributed by atoms with van der Waals surface area (Å²) in [6, 6.07) is 8.86. The smallest absolute Gasteiger partial charge is 0.228 e. The van der Waals surface area contributed by atoms with Gasteiger partial charge in [-0.25, -0.2) is 4.98 Å². The molecule has 4 nitrogen and oxygen atoms in total. The molecule has 6 heteroatoms. The van der Waals surface area contributed by atoms with Gasteiger partial charge in [-0.2, -0.15) is 0 Å². The molecule has 0 aliphatic carbocycles. The Morgan fingerprint density at radius 2 is 2.05 bits per heavy atom. The van der Waals surface area contributed by atoms with Gasteiger partial charge in [0.15, 0.2) is 5.15 Å². The van der Waals surface area contributed by atoms with Gasteiger partial charge in [-0.05, 0) is 30.2 Å². The highest BCUT2D eigenvalue weighted by atomic mass is 35.5. The van der Waals surface area contributed by atoms with E-state index >= 15 is 0 Å². The highest BCUT2D eigenvalue weighted by Gasteiger charge is 2.12. The Bertz CT molecular complexity index is 636. The van der Waals surface area contributed by atoms with Gasteiger partial charge in [0.25, 0.3) is 0 Å². The number of nitrogens with two attached hydrogens (primary N) is 1. The molecule has 0 radical (unpaired) electrons. The lowest BCUT2D eigenvalue weighted by molar-refractivity contribution is -0.115. The van der Waals surface area contributed by atoms with Gasteiger partial charge in [-0.1, -0.05) is 41.4 Å². The lowest BCUT2D eigenvalue weighted by Gasteiger charge is -2.11. The van der Waals surface area contributed by atoms with Crippen LogP contribution in [0.4, 0.5) is 11.4 Å². The number of anilines is 2. The quantitative estimate of drug-likeness (QED) is 0.674. The monoisotopic (exact) mass is 309 g/mol. The number of amides is 1. The van der Waals surface area contributed by atoms with Crippen molar-refractivity contribution in [2.75, 3.05) is 11.1 Å². The van der Waals surface area contributed by atoms with Crippen LogP contribution in [-0.4, -0.2) is 10.9 Å². The second kappa shape index (κ2) is 6.11. The average molecular weight is 310 g/mol. The van der Waals surface area contributed by atoms with Crippen LogP contribution in [-0.2, 0) is 11.2 Å². The summed E-state index contributed by atoms with van der Waals surface area (Å²) < 4.78 is 0. The molecule has 3 N–H and O–H groups in total. The minimum absolute atomic E-state index is 0.171. The normalized spacial score (nSPS) is 10.3. The number of aryl methyl sites for hydroxylation is 1. The number of nitrogens with one attached hydrogen (secondary N) is 1. The van der Waals surface area contributed by atoms with Crippen molar-refractivity contribution in [2.24, 2.45) is 0 Å². The number of rotatable bonds is 3. The zero-order valence-corrected chi connectivity index (χ0v) is 12.3. The standard InChI is InChI=1S/C14H13Cl2N3O/c1-8-6-11(15)18-14(16)13(8)19-12(20)7-9-4-2-3-5-10(9)17/h2-6H,7,17H2,1H3,(H,19,20). The molecule has 1 amide bonds. The largest absolute Gasteiger partial charge is 0.398 e. The summed E-state index contributed by atoms with van der Waals surface area (Å²) in [5.41, 5.74) is 8.38. The van der Waals surface area contributed by atoms with E-state index in [-0.39, 0.29) is 22.6 Å². The number of benzene rings is 1. The van der Waals surface area contributed by atoms with Crippen LogP contribution in [0.25, 0.3) is 0 Å². The predicted molar refractivity (Wildman–Crippen MR) is 82.2 cm³/mol. The van der Waals surface area contributed by atoms with E-state index in [1.165, 1.54) is 0 Å². The van der Waals surface area contributed by atoms with E-state index in [1.54, 1.807) is 19.1 Å². The number of para-hydroxylation sites is 1. The first kappa shape index (κ1) is 14.6. The molecule has 0 bridgehead atoms. The van der Waals surface area contributed by atoms with Gasteiger partial charge in [0, 0.05) is 5.69 Å². The molecule has 0 saturated heterocycles. The molecule has 0 atom stereocenters. The molecule has 1 aromatic carbocycles. The summed E-state index contributed by atoms with van der Waals surface area (Å²) in [6.07, 6.45) is 0.172. The number of nitrogen functional groups attached to an aromatic ring is 1. The Morgan fingerprint density at radius 3 is 2.70 bits per heavy atom. The SMILES string of the molecule is Cc1cc(Cl)nc(Cl)c1NC(=O)Cc1ccccc1N. The van der Waals surface area contributed by atoms with Crippen LogP contribution in [0.5, 0.6) is 0 Å². The van der Waals surface area contributed by atoms with Gasteiger partial charge in [-0.15, -0.1) is 0 Å². The molecule has 2 rings (SSSR count). The number of halogens is 2. The molecular weight excluding hydrogens is 297 g/mol. The van der Waals surface area contributed by atoms with Gasteiger partial charge >= 0.3 is 0 Å². The van der Waals surface area contributed by atoms with Crippen molar-refractivity contribution in [1.29, 1.82) is 0 Å². The maximum Gasteiger partial charge on any atom is 0.228 e. The van der Waals surface area contributed by atoms with Crippen molar-refractivity contribution in [3.05, 3.63) is 51.8 Å². The second-order valence-corrected chi connectivity index (χ2v) is 5.10. The molecular formula is C14H13Cl2N3O. The van der Waals surface area contributed by atoms with Crippen LogP contribution in [0.2, 0.25) is 10.3 Å². The van der Waals surface area contributed by atoms with Crippen molar-refractivity contribution in [2.45, 2.75) is 13.3 Å². The first-order valence-corrected chi connectivity index (χ1v) is 6.69. The summed E-state index contributed by atoms with van der Waals surface area (Å²) in [4.78, 5) is 15.9. The molecule has 104 valence electrons. The first-order chi connectivity index (χ1) is 9.47. The van der Waals surface area contributed by atoms with Crippen molar-refractivity contribution in [3.8, 4) is 0 Å². The maximum atomic E-state index is 12.0. The third-order valence-corrected chi connectivity index (χ3v) is 3.28. The number of aromatic nitrogens is 1. The van der Waals surface area contributed by atoms with E-state index in [9.17, 15) is 4.79 Å². The number of hydrogen-bond acceptors (Lipinski definition) is 3. The third kappa shape index (κ3) is 3.40. The predicted octanol–water partition coefficient (Wildman–Crippen LogP) is 3.46. The van der Waals surface area contributed by atoms with E-state index in [0.29, 0.717) is 11.4 Å². The highest BCUT2D eigenvalue weighted by Crippen LogP contribution is 2.26. The van der Waals surface area contributed by atoms with Gasteiger partial charge in [-0.3, -0.25) is 4.79 Å². The highest BCUT2D eigenvalue weighted by molar-refractivity contribution is 6.34. The molecule has 0 aliphatic heterocycles. The van der Waals surface area contributed by atoms with Crippen LogP contribution in [0.15, 0.2) is 30.3 Å². The number of pyridine rings is 1. The summed E-state index contributed by atoms with van der Waals surface area (Å²) in [6.45, 7) is 1.80. The van der Waals surface area contributed by atoms with Gasteiger partial charge in [0.05, 0.1) is 12.1 Å². The van der Waals surface area contributed by atoms with E-state index in [0.717, 1.165) is 11.1 Å². The first-order valence-electron chi connectivity index (χ1n) is 5.93. The lowest BCUT2D eigenvalue weighted by Crippen LogP contribution is -2.16. The number of hydrogen-bond donors (Lipinski definition) is 2. The molecule has 2 aromatic rings. The summed E-state index contributed by atoms with van der Waals surface area (Å²) in [5.74, 6) is -0.211. The molecule has 0 unspecified atom stereocenters. The Kier molecular flexibility index (Phi) is 4.47. The van der Waals surface area contributed by atoms with Gasteiger partial charge in [0.2, 0.25) is 5.91 Å². The Labute approximate surface area is 126 Å². The fourth-order valence-corrected chi connectivity index (χ4v) is 2.38. The number of carbonyl (C=O) groups excluding carboxylic acids is 1. The van der Waals surface area contributed by atoms with E-state index < -0.39 is 0 Å². The topological polar surface area (TPSA) is 68.0 Å². The van der Waals surface area contributed by atoms with Crippen LogP contribution < -0.4 is 11.1 Å². The van der Waals surface area contributed by atoms with Gasteiger partial charge < -0.3 is 11.1 Å². The fourth-order valence-electron chi connectivity index (χ4n) is 1.80. The zero-order chi connectivity index (χ0) is 14.7. The average Bonchev–Trinajstić information content (AvgIpc) is 2.36. The van der Waals surface area contributed by atoms with Crippen LogP contribution in [0, 0.1) is 6.92 Å². The van der Waals surface area contributed by atoms with E-state index in [4.69, 9.17) is 28.9 Å². The fraction of sp³-hybridized carbons (Fsp3) is 0.143.